The van der Waals surface area contributed by atoms with Crippen LogP contribution in [-0.4, -0.2) is 11.9 Å². The number of nitrogens with two attached hydrogens (primary N) is 1. The van der Waals surface area contributed by atoms with E-state index >= 15 is 0 Å². The van der Waals surface area contributed by atoms with Gasteiger partial charge in [-0.25, -0.2) is 0 Å². The Morgan fingerprint density at radius 2 is 2.36 bits per heavy atom. The summed E-state index contributed by atoms with van der Waals surface area (Å²) < 4.78 is 0. The van der Waals surface area contributed by atoms with E-state index in [2.05, 4.69) is 11.2 Å². The molecule has 1 aromatic carbocycles. The molecule has 1 aromatic rings. The summed E-state index contributed by atoms with van der Waals surface area (Å²) in [6, 6.07) is 6.54. The van der Waals surface area contributed by atoms with Crippen LogP contribution in [0.5, 0.6) is 0 Å². The van der Waals surface area contributed by atoms with Crippen molar-refractivity contribution in [3.8, 4) is 12.3 Å². The zero-order chi connectivity index (χ0) is 10.6. The number of terminal acetylenes is 1. The van der Waals surface area contributed by atoms with Crippen molar-refractivity contribution in [2.45, 2.75) is 13.0 Å². The van der Waals surface area contributed by atoms with Crippen LogP contribution in [0.1, 0.15) is 12.5 Å². The molecule has 0 heterocycles. The van der Waals surface area contributed by atoms with E-state index in [0.29, 0.717) is 5.69 Å². The summed E-state index contributed by atoms with van der Waals surface area (Å²) in [7, 11) is 0. The first-order chi connectivity index (χ1) is 6.63. The van der Waals surface area contributed by atoms with Crippen molar-refractivity contribution in [2.24, 2.45) is 5.73 Å². The Labute approximate surface area is 83.3 Å². The second kappa shape index (κ2) is 4.45. The molecule has 3 N–H and O–H groups in total. The van der Waals surface area contributed by atoms with Crippen molar-refractivity contribution in [3.05, 3.63) is 29.8 Å². The van der Waals surface area contributed by atoms with E-state index in [1.54, 1.807) is 31.2 Å². The second-order valence-corrected chi connectivity index (χ2v) is 3.00. The normalized spacial score (nSPS) is 11.5. The number of amides is 1. The number of rotatable bonds is 2. The van der Waals surface area contributed by atoms with Crippen LogP contribution < -0.4 is 11.1 Å². The summed E-state index contributed by atoms with van der Waals surface area (Å²) >= 11 is 0. The van der Waals surface area contributed by atoms with Crippen molar-refractivity contribution < 1.29 is 4.79 Å². The number of nitrogens with one attached hydrogen (secondary N) is 1. The monoisotopic (exact) mass is 188 g/mol. The second-order valence-electron chi connectivity index (χ2n) is 3.00. The van der Waals surface area contributed by atoms with Crippen molar-refractivity contribution in [2.75, 3.05) is 5.32 Å². The molecule has 14 heavy (non-hydrogen) atoms. The van der Waals surface area contributed by atoms with Crippen LogP contribution in [0.25, 0.3) is 0 Å². The van der Waals surface area contributed by atoms with E-state index in [-0.39, 0.29) is 5.91 Å². The van der Waals surface area contributed by atoms with Gasteiger partial charge in [-0.3, -0.25) is 4.79 Å². The van der Waals surface area contributed by atoms with Gasteiger partial charge in [0, 0.05) is 11.3 Å². The minimum absolute atomic E-state index is 0.223. The number of hydrogen-bond acceptors (Lipinski definition) is 2. The fourth-order valence-electron chi connectivity index (χ4n) is 0.943. The highest BCUT2D eigenvalue weighted by atomic mass is 16.2. The first-order valence-corrected chi connectivity index (χ1v) is 4.26. The predicted molar refractivity (Wildman–Crippen MR) is 56.7 cm³/mol. The summed E-state index contributed by atoms with van der Waals surface area (Å²) in [5, 5.41) is 2.66. The Hall–Kier alpha value is -1.79. The first kappa shape index (κ1) is 10.3. The van der Waals surface area contributed by atoms with E-state index in [9.17, 15) is 4.79 Å². The van der Waals surface area contributed by atoms with Gasteiger partial charge in [0.25, 0.3) is 0 Å². The van der Waals surface area contributed by atoms with Gasteiger partial charge in [-0.2, -0.15) is 0 Å². The van der Waals surface area contributed by atoms with Gasteiger partial charge in [-0.15, -0.1) is 6.42 Å². The van der Waals surface area contributed by atoms with Crippen molar-refractivity contribution in [1.82, 2.24) is 0 Å². The molecule has 3 nitrogen and oxygen atoms in total. The molecule has 72 valence electrons. The van der Waals surface area contributed by atoms with Gasteiger partial charge in [0.2, 0.25) is 5.91 Å². The van der Waals surface area contributed by atoms with Crippen LogP contribution in [0, 0.1) is 12.3 Å². The molecule has 0 aromatic heterocycles. The van der Waals surface area contributed by atoms with Crippen LogP contribution in [-0.2, 0) is 4.79 Å². The van der Waals surface area contributed by atoms with Gasteiger partial charge in [-0.05, 0) is 25.1 Å². The van der Waals surface area contributed by atoms with Crippen LogP contribution >= 0.6 is 0 Å². The third kappa shape index (κ3) is 2.61. The summed E-state index contributed by atoms with van der Waals surface area (Å²) in [5.74, 6) is 2.26. The Bertz CT molecular complexity index is 377. The van der Waals surface area contributed by atoms with E-state index in [1.165, 1.54) is 0 Å². The summed E-state index contributed by atoms with van der Waals surface area (Å²) in [6.07, 6.45) is 5.22. The molecule has 1 atom stereocenters. The standard InChI is InChI=1S/C11H12N2O/c1-3-9-5-4-6-10(7-9)13-11(14)8(2)12/h1,4-8H,12H2,2H3,(H,13,14)/t8-/m1/s1. The lowest BCUT2D eigenvalue weighted by Gasteiger charge is -2.07. The quantitative estimate of drug-likeness (QED) is 0.679. The summed E-state index contributed by atoms with van der Waals surface area (Å²) in [5.41, 5.74) is 6.80. The van der Waals surface area contributed by atoms with Gasteiger partial charge in [-0.1, -0.05) is 12.0 Å². The molecule has 0 spiro atoms. The topological polar surface area (TPSA) is 55.1 Å². The molecular weight excluding hydrogens is 176 g/mol. The fraction of sp³-hybridized carbons (Fsp3) is 0.182. The first-order valence-electron chi connectivity index (χ1n) is 4.26. The molecule has 3 heteroatoms. The lowest BCUT2D eigenvalue weighted by molar-refractivity contribution is -0.117. The van der Waals surface area contributed by atoms with E-state index in [0.717, 1.165) is 5.56 Å². The molecule has 1 rings (SSSR count). The zero-order valence-corrected chi connectivity index (χ0v) is 7.95. The highest BCUT2D eigenvalue weighted by Gasteiger charge is 2.06. The number of hydrogen-bond donors (Lipinski definition) is 2. The number of carbonyl (C=O) groups excluding carboxylic acids is 1. The van der Waals surface area contributed by atoms with Gasteiger partial charge in [0.05, 0.1) is 6.04 Å². The number of benzene rings is 1. The van der Waals surface area contributed by atoms with Gasteiger partial charge < -0.3 is 11.1 Å². The van der Waals surface area contributed by atoms with Gasteiger partial charge >= 0.3 is 0 Å². The number of carbonyl (C=O) groups is 1. The largest absolute Gasteiger partial charge is 0.325 e. The predicted octanol–water partition coefficient (Wildman–Crippen LogP) is 0.954. The summed E-state index contributed by atoms with van der Waals surface area (Å²) in [6.45, 7) is 1.63. The lowest BCUT2D eigenvalue weighted by atomic mass is 10.2. The average Bonchev–Trinajstić information content (AvgIpc) is 2.18. The minimum atomic E-state index is -0.524. The third-order valence-corrected chi connectivity index (χ3v) is 1.71. The number of anilines is 1. The maximum absolute atomic E-state index is 11.2. The van der Waals surface area contributed by atoms with E-state index in [4.69, 9.17) is 12.2 Å². The highest BCUT2D eigenvalue weighted by Crippen LogP contribution is 2.09. The molecule has 0 unspecified atom stereocenters. The van der Waals surface area contributed by atoms with Crippen LogP contribution in [0.3, 0.4) is 0 Å². The minimum Gasteiger partial charge on any atom is -0.325 e. The maximum Gasteiger partial charge on any atom is 0.240 e. The Kier molecular flexibility index (Phi) is 3.27. The maximum atomic E-state index is 11.2. The SMILES string of the molecule is C#Cc1cccc(NC(=O)[C@@H](C)N)c1. The fourth-order valence-corrected chi connectivity index (χ4v) is 0.943. The Balaban J connectivity index is 2.78. The molecule has 0 radical (unpaired) electrons. The molecule has 0 aliphatic heterocycles. The van der Waals surface area contributed by atoms with E-state index in [1.807, 2.05) is 0 Å². The lowest BCUT2D eigenvalue weighted by Crippen LogP contribution is -2.32. The van der Waals surface area contributed by atoms with Crippen LogP contribution in [0.2, 0.25) is 0 Å². The van der Waals surface area contributed by atoms with Gasteiger partial charge in [0.1, 0.15) is 0 Å². The smallest absolute Gasteiger partial charge is 0.240 e. The van der Waals surface area contributed by atoms with Crippen LogP contribution in [0.15, 0.2) is 24.3 Å². The van der Waals surface area contributed by atoms with Crippen molar-refractivity contribution in [3.63, 3.8) is 0 Å². The van der Waals surface area contributed by atoms with Crippen molar-refractivity contribution >= 4 is 11.6 Å². The molecule has 0 aliphatic rings. The van der Waals surface area contributed by atoms with Gasteiger partial charge in [0.15, 0.2) is 0 Å². The molecule has 0 saturated heterocycles. The molecule has 0 bridgehead atoms. The third-order valence-electron chi connectivity index (χ3n) is 1.71. The van der Waals surface area contributed by atoms with Crippen molar-refractivity contribution in [1.29, 1.82) is 0 Å². The Morgan fingerprint density at radius 1 is 1.64 bits per heavy atom. The van der Waals surface area contributed by atoms with E-state index < -0.39 is 6.04 Å². The summed E-state index contributed by atoms with van der Waals surface area (Å²) in [4.78, 5) is 11.2. The Morgan fingerprint density at radius 3 is 2.93 bits per heavy atom. The molecule has 1 amide bonds. The molecule has 0 aliphatic carbocycles. The zero-order valence-electron chi connectivity index (χ0n) is 7.95. The molecule has 0 saturated carbocycles. The average molecular weight is 188 g/mol. The molecular formula is C11H12N2O. The molecule has 0 fully saturated rings. The van der Waals surface area contributed by atoms with Crippen LogP contribution in [0.4, 0.5) is 5.69 Å². The highest BCUT2D eigenvalue weighted by molar-refractivity contribution is 5.94.